The summed E-state index contributed by atoms with van der Waals surface area (Å²) in [5, 5.41) is 0. The molecule has 4 nitrogen and oxygen atoms in total. The Bertz CT molecular complexity index is 474. The van der Waals surface area contributed by atoms with Crippen molar-refractivity contribution in [3.05, 3.63) is 0 Å². The fraction of sp³-hybridized carbons (Fsp3) is 0.913. The first kappa shape index (κ1) is 22.2. The van der Waals surface area contributed by atoms with Gasteiger partial charge >= 0.3 is 11.9 Å². The maximum Gasteiger partial charge on any atom is 0.323 e. The number of hydrogen-bond donors (Lipinski definition) is 0. The molecule has 0 aromatic heterocycles. The number of esters is 2. The number of rotatable bonds is 6. The molecule has 4 heteroatoms. The molecule has 0 N–H and O–H groups in total. The van der Waals surface area contributed by atoms with Crippen LogP contribution in [-0.4, -0.2) is 23.1 Å². The molecule has 2 fully saturated rings. The zero-order valence-corrected chi connectivity index (χ0v) is 18.4. The van der Waals surface area contributed by atoms with E-state index < -0.39 is 28.6 Å². The molecule has 0 radical (unpaired) electrons. The van der Waals surface area contributed by atoms with Gasteiger partial charge in [-0.1, -0.05) is 38.5 Å². The second-order valence-electron chi connectivity index (χ2n) is 10.3. The Morgan fingerprint density at radius 3 is 1.19 bits per heavy atom. The van der Waals surface area contributed by atoms with Crippen LogP contribution in [0.5, 0.6) is 0 Å². The normalized spacial score (nSPS) is 21.0. The van der Waals surface area contributed by atoms with Crippen molar-refractivity contribution in [1.29, 1.82) is 0 Å². The lowest BCUT2D eigenvalue weighted by Gasteiger charge is -2.40. The molecule has 2 rings (SSSR count). The molecule has 0 aromatic rings. The van der Waals surface area contributed by atoms with Crippen molar-refractivity contribution in [3.8, 4) is 0 Å². The Hall–Kier alpha value is -1.06. The van der Waals surface area contributed by atoms with Gasteiger partial charge in [0.05, 0.1) is 0 Å². The Balaban J connectivity index is 1.99. The third-order valence-corrected chi connectivity index (χ3v) is 6.91. The van der Waals surface area contributed by atoms with Gasteiger partial charge in [-0.15, -0.1) is 0 Å². The summed E-state index contributed by atoms with van der Waals surface area (Å²) in [6.45, 7) is 11.2. The summed E-state index contributed by atoms with van der Waals surface area (Å²) in [7, 11) is 0. The van der Waals surface area contributed by atoms with E-state index in [0.29, 0.717) is 11.8 Å². The average Bonchev–Trinajstić information content (AvgIpc) is 2.62. The maximum absolute atomic E-state index is 12.9. The topological polar surface area (TPSA) is 52.6 Å². The molecule has 0 aromatic carbocycles. The van der Waals surface area contributed by atoms with Crippen LogP contribution in [0.15, 0.2) is 0 Å². The van der Waals surface area contributed by atoms with Gasteiger partial charge in [0.2, 0.25) is 0 Å². The first-order chi connectivity index (χ1) is 12.5. The average molecular weight is 381 g/mol. The first-order valence-corrected chi connectivity index (χ1v) is 10.9. The number of hydrogen-bond acceptors (Lipinski definition) is 4. The first-order valence-electron chi connectivity index (χ1n) is 10.9. The Labute approximate surface area is 165 Å². The van der Waals surface area contributed by atoms with Crippen molar-refractivity contribution in [3.63, 3.8) is 0 Å². The van der Waals surface area contributed by atoms with E-state index in [1.807, 2.05) is 27.7 Å². The number of carbonyl (C=O) groups excluding carboxylic acids is 2. The quantitative estimate of drug-likeness (QED) is 0.430. The van der Waals surface area contributed by atoms with Gasteiger partial charge in [0.25, 0.3) is 0 Å². The van der Waals surface area contributed by atoms with Crippen molar-refractivity contribution in [2.24, 2.45) is 17.3 Å². The predicted octanol–water partition coefficient (Wildman–Crippen LogP) is 5.82. The molecule has 0 aliphatic heterocycles. The second-order valence-corrected chi connectivity index (χ2v) is 10.3. The van der Waals surface area contributed by atoms with Gasteiger partial charge in [0.1, 0.15) is 11.2 Å². The van der Waals surface area contributed by atoms with Gasteiger partial charge in [0, 0.05) is 0 Å². The van der Waals surface area contributed by atoms with Crippen LogP contribution < -0.4 is 0 Å². The molecule has 0 unspecified atom stereocenters. The van der Waals surface area contributed by atoms with Gasteiger partial charge in [-0.05, 0) is 79.1 Å². The molecule has 27 heavy (non-hydrogen) atoms. The lowest BCUT2D eigenvalue weighted by atomic mass is 9.78. The molecule has 0 spiro atoms. The lowest BCUT2D eigenvalue weighted by Crippen LogP contribution is -2.47. The summed E-state index contributed by atoms with van der Waals surface area (Å²) >= 11 is 0. The summed E-state index contributed by atoms with van der Waals surface area (Å²) in [6.07, 6.45) is 11.6. The highest BCUT2D eigenvalue weighted by molar-refractivity contribution is 5.99. The van der Waals surface area contributed by atoms with Gasteiger partial charge in [-0.2, -0.15) is 0 Å². The molecule has 2 saturated carbocycles. The van der Waals surface area contributed by atoms with Crippen molar-refractivity contribution >= 4 is 11.9 Å². The van der Waals surface area contributed by atoms with Crippen LogP contribution in [0.4, 0.5) is 0 Å². The molecule has 156 valence electrons. The number of carbonyl (C=O) groups is 2. The molecule has 0 heterocycles. The SMILES string of the molecule is CC(C)(C(=O)OC(C)(C)C1CCCCC1)C(=O)OC(C)(C)C1CCCCC1. The monoisotopic (exact) mass is 380 g/mol. The Kier molecular flexibility index (Phi) is 7.02. The molecule has 0 amide bonds. The van der Waals surface area contributed by atoms with E-state index in [4.69, 9.17) is 9.47 Å². The minimum Gasteiger partial charge on any atom is -0.459 e. The van der Waals surface area contributed by atoms with Crippen LogP contribution in [-0.2, 0) is 19.1 Å². The van der Waals surface area contributed by atoms with E-state index in [0.717, 1.165) is 25.7 Å². The maximum atomic E-state index is 12.9. The van der Waals surface area contributed by atoms with E-state index in [1.165, 1.54) is 38.5 Å². The summed E-state index contributed by atoms with van der Waals surface area (Å²) in [5.74, 6) is -0.216. The second kappa shape index (κ2) is 8.53. The van der Waals surface area contributed by atoms with Crippen molar-refractivity contribution in [1.82, 2.24) is 0 Å². The molecule has 2 aliphatic rings. The minimum atomic E-state index is -1.29. The van der Waals surface area contributed by atoms with Crippen LogP contribution in [0, 0.1) is 17.3 Å². The molecular weight excluding hydrogens is 340 g/mol. The van der Waals surface area contributed by atoms with Crippen LogP contribution in [0.3, 0.4) is 0 Å². The largest absolute Gasteiger partial charge is 0.459 e. The van der Waals surface area contributed by atoms with E-state index >= 15 is 0 Å². The zero-order chi connectivity index (χ0) is 20.3. The van der Waals surface area contributed by atoms with Crippen molar-refractivity contribution in [2.75, 3.05) is 0 Å². The van der Waals surface area contributed by atoms with E-state index in [1.54, 1.807) is 13.8 Å². The molecule has 0 saturated heterocycles. The lowest BCUT2D eigenvalue weighted by molar-refractivity contribution is -0.190. The van der Waals surface area contributed by atoms with Gasteiger partial charge < -0.3 is 9.47 Å². The van der Waals surface area contributed by atoms with E-state index in [2.05, 4.69) is 0 Å². The highest BCUT2D eigenvalue weighted by atomic mass is 16.6. The van der Waals surface area contributed by atoms with Crippen LogP contribution in [0.25, 0.3) is 0 Å². The summed E-state index contributed by atoms with van der Waals surface area (Å²) in [6, 6.07) is 0. The van der Waals surface area contributed by atoms with Crippen LogP contribution >= 0.6 is 0 Å². The molecule has 2 aliphatic carbocycles. The highest BCUT2D eigenvalue weighted by Gasteiger charge is 2.46. The fourth-order valence-corrected chi connectivity index (χ4v) is 4.58. The third kappa shape index (κ3) is 5.48. The minimum absolute atomic E-state index is 0.362. The van der Waals surface area contributed by atoms with Gasteiger partial charge in [-0.25, -0.2) is 0 Å². The molecule has 0 bridgehead atoms. The van der Waals surface area contributed by atoms with Gasteiger partial charge in [0.15, 0.2) is 5.41 Å². The van der Waals surface area contributed by atoms with Crippen LogP contribution in [0.1, 0.15) is 106 Å². The Morgan fingerprint density at radius 2 is 0.889 bits per heavy atom. The third-order valence-electron chi connectivity index (χ3n) is 6.91. The fourth-order valence-electron chi connectivity index (χ4n) is 4.58. The smallest absolute Gasteiger partial charge is 0.323 e. The van der Waals surface area contributed by atoms with E-state index in [9.17, 15) is 9.59 Å². The highest BCUT2D eigenvalue weighted by Crippen LogP contribution is 2.38. The number of ether oxygens (including phenoxy) is 2. The predicted molar refractivity (Wildman–Crippen MR) is 107 cm³/mol. The van der Waals surface area contributed by atoms with Gasteiger partial charge in [-0.3, -0.25) is 9.59 Å². The summed E-state index contributed by atoms with van der Waals surface area (Å²) < 4.78 is 11.8. The standard InChI is InChI=1S/C23H40O4/c1-21(2,19(24)26-22(3,4)17-13-9-7-10-14-17)20(25)27-23(5,6)18-15-11-8-12-16-18/h17-18H,7-16H2,1-6H3. The van der Waals surface area contributed by atoms with Crippen molar-refractivity contribution in [2.45, 2.75) is 117 Å². The van der Waals surface area contributed by atoms with E-state index in [-0.39, 0.29) is 0 Å². The summed E-state index contributed by atoms with van der Waals surface area (Å²) in [4.78, 5) is 25.8. The Morgan fingerprint density at radius 1 is 0.593 bits per heavy atom. The summed E-state index contributed by atoms with van der Waals surface area (Å²) in [5.41, 5.74) is -2.39. The molecular formula is C23H40O4. The molecule has 0 atom stereocenters. The van der Waals surface area contributed by atoms with Crippen molar-refractivity contribution < 1.29 is 19.1 Å². The zero-order valence-electron chi connectivity index (χ0n) is 18.4. The van der Waals surface area contributed by atoms with Crippen LogP contribution in [0.2, 0.25) is 0 Å².